The fraction of sp³-hybridized carbons (Fsp3) is 0.273. The van der Waals surface area contributed by atoms with Crippen LogP contribution in [0.2, 0.25) is 0 Å². The number of amides is 1. The Labute approximate surface area is 155 Å². The smallest absolute Gasteiger partial charge is 0.266 e. The Morgan fingerprint density at radius 3 is 2.62 bits per heavy atom. The minimum atomic E-state index is -0.419. The fourth-order valence-corrected chi connectivity index (χ4v) is 2.44. The molecular formula is C22H24N2O2. The average Bonchev–Trinajstić information content (AvgIpc) is 2.64. The summed E-state index contributed by atoms with van der Waals surface area (Å²) in [4.78, 5) is 12.3. The third-order valence-electron chi connectivity index (χ3n) is 3.85. The van der Waals surface area contributed by atoms with E-state index in [2.05, 4.69) is 12.2 Å². The van der Waals surface area contributed by atoms with Crippen molar-refractivity contribution in [2.45, 2.75) is 33.1 Å². The third-order valence-corrected chi connectivity index (χ3v) is 3.85. The number of anilines is 1. The molecule has 0 fully saturated rings. The zero-order valence-electron chi connectivity index (χ0n) is 15.3. The highest BCUT2D eigenvalue weighted by Crippen LogP contribution is 2.16. The molecule has 1 N–H and O–H groups in total. The van der Waals surface area contributed by atoms with Crippen molar-refractivity contribution < 1.29 is 9.53 Å². The van der Waals surface area contributed by atoms with Crippen LogP contribution in [-0.2, 0) is 4.79 Å². The van der Waals surface area contributed by atoms with Crippen LogP contribution in [0, 0.1) is 18.3 Å². The number of unbranched alkanes of at least 4 members (excludes halogenated alkanes) is 2. The minimum Gasteiger partial charge on any atom is -0.494 e. The van der Waals surface area contributed by atoms with Crippen LogP contribution < -0.4 is 10.1 Å². The summed E-state index contributed by atoms with van der Waals surface area (Å²) in [6.45, 7) is 4.80. The normalized spacial score (nSPS) is 10.9. The van der Waals surface area contributed by atoms with Gasteiger partial charge in [0, 0.05) is 5.69 Å². The summed E-state index contributed by atoms with van der Waals surface area (Å²) < 4.78 is 5.67. The zero-order chi connectivity index (χ0) is 18.8. The maximum atomic E-state index is 12.3. The Bertz CT molecular complexity index is 802. The van der Waals surface area contributed by atoms with Crippen molar-refractivity contribution in [1.29, 1.82) is 5.26 Å². The Morgan fingerprint density at radius 1 is 1.19 bits per heavy atom. The van der Waals surface area contributed by atoms with Crippen LogP contribution in [0.25, 0.3) is 6.08 Å². The molecule has 0 aromatic heterocycles. The topological polar surface area (TPSA) is 62.1 Å². The van der Waals surface area contributed by atoms with Crippen molar-refractivity contribution >= 4 is 17.7 Å². The van der Waals surface area contributed by atoms with Crippen LogP contribution in [0.1, 0.15) is 37.3 Å². The van der Waals surface area contributed by atoms with Crippen LogP contribution in [0.15, 0.2) is 54.1 Å². The highest BCUT2D eigenvalue weighted by molar-refractivity contribution is 6.09. The first-order valence-electron chi connectivity index (χ1n) is 8.85. The van der Waals surface area contributed by atoms with Gasteiger partial charge in [-0.15, -0.1) is 0 Å². The molecule has 0 aliphatic heterocycles. The number of nitrogens with one attached hydrogen (secondary N) is 1. The molecule has 2 aromatic rings. The number of benzene rings is 2. The van der Waals surface area contributed by atoms with Gasteiger partial charge in [0.05, 0.1) is 6.61 Å². The maximum Gasteiger partial charge on any atom is 0.266 e. The molecule has 0 saturated carbocycles. The molecule has 2 rings (SSSR count). The molecule has 0 spiro atoms. The van der Waals surface area contributed by atoms with Gasteiger partial charge in [-0.1, -0.05) is 44.0 Å². The lowest BCUT2D eigenvalue weighted by Gasteiger charge is -2.07. The van der Waals surface area contributed by atoms with Gasteiger partial charge in [0.1, 0.15) is 17.4 Å². The summed E-state index contributed by atoms with van der Waals surface area (Å²) in [6, 6.07) is 16.8. The highest BCUT2D eigenvalue weighted by Gasteiger charge is 2.09. The van der Waals surface area contributed by atoms with E-state index in [9.17, 15) is 10.1 Å². The van der Waals surface area contributed by atoms with Crippen LogP contribution in [-0.4, -0.2) is 12.5 Å². The van der Waals surface area contributed by atoms with Crippen molar-refractivity contribution in [2.24, 2.45) is 0 Å². The van der Waals surface area contributed by atoms with Crippen molar-refractivity contribution in [3.8, 4) is 11.8 Å². The number of hydrogen-bond donors (Lipinski definition) is 1. The molecule has 4 heteroatoms. The third kappa shape index (κ3) is 6.10. The second-order valence-electron chi connectivity index (χ2n) is 6.12. The van der Waals surface area contributed by atoms with Gasteiger partial charge in [-0.05, 0) is 54.8 Å². The highest BCUT2D eigenvalue weighted by atomic mass is 16.5. The molecule has 134 valence electrons. The number of nitriles is 1. The number of ether oxygens (including phenoxy) is 1. The molecule has 26 heavy (non-hydrogen) atoms. The van der Waals surface area contributed by atoms with E-state index in [4.69, 9.17) is 4.74 Å². The van der Waals surface area contributed by atoms with Gasteiger partial charge in [-0.3, -0.25) is 4.79 Å². The molecule has 0 unspecified atom stereocenters. The molecule has 0 aliphatic carbocycles. The Kier molecular flexibility index (Phi) is 7.45. The lowest BCUT2D eigenvalue weighted by atomic mass is 10.1. The summed E-state index contributed by atoms with van der Waals surface area (Å²) >= 11 is 0. The van der Waals surface area contributed by atoms with Crippen molar-refractivity contribution in [2.75, 3.05) is 11.9 Å². The van der Waals surface area contributed by atoms with Gasteiger partial charge in [0.25, 0.3) is 5.91 Å². The van der Waals surface area contributed by atoms with Gasteiger partial charge in [-0.2, -0.15) is 5.26 Å². The van der Waals surface area contributed by atoms with E-state index in [0.717, 1.165) is 36.1 Å². The van der Waals surface area contributed by atoms with Crippen LogP contribution in [0.5, 0.6) is 5.75 Å². The van der Waals surface area contributed by atoms with Crippen LogP contribution in [0.3, 0.4) is 0 Å². The molecule has 0 bridgehead atoms. The molecule has 0 radical (unpaired) electrons. The van der Waals surface area contributed by atoms with E-state index in [0.29, 0.717) is 12.3 Å². The summed E-state index contributed by atoms with van der Waals surface area (Å²) in [5.41, 5.74) is 2.55. The SMILES string of the molecule is CCCCCOc1ccc(C=C(C#N)C(=O)Nc2cccc(C)c2)cc1. The number of aryl methyl sites for hydroxylation is 1. The maximum absolute atomic E-state index is 12.3. The Balaban J connectivity index is 2.01. The van der Waals surface area contributed by atoms with Gasteiger partial charge in [0.2, 0.25) is 0 Å². The predicted molar refractivity (Wildman–Crippen MR) is 105 cm³/mol. The van der Waals surface area contributed by atoms with Crippen LogP contribution in [0.4, 0.5) is 5.69 Å². The van der Waals surface area contributed by atoms with Gasteiger partial charge in [-0.25, -0.2) is 0 Å². The molecule has 0 saturated heterocycles. The monoisotopic (exact) mass is 348 g/mol. The van der Waals surface area contributed by atoms with Crippen molar-refractivity contribution in [3.63, 3.8) is 0 Å². The van der Waals surface area contributed by atoms with E-state index in [1.165, 1.54) is 0 Å². The van der Waals surface area contributed by atoms with E-state index in [-0.39, 0.29) is 5.57 Å². The molecule has 1 amide bonds. The first-order valence-corrected chi connectivity index (χ1v) is 8.85. The second-order valence-corrected chi connectivity index (χ2v) is 6.12. The summed E-state index contributed by atoms with van der Waals surface area (Å²) in [7, 11) is 0. The number of hydrogen-bond acceptors (Lipinski definition) is 3. The standard InChI is InChI=1S/C22H24N2O2/c1-3-4-5-13-26-21-11-9-18(10-12-21)15-19(16-23)22(25)24-20-8-6-7-17(2)14-20/h6-12,14-15H,3-5,13H2,1-2H3,(H,24,25). The summed E-state index contributed by atoms with van der Waals surface area (Å²) in [6.07, 6.45) is 4.93. The van der Waals surface area contributed by atoms with E-state index in [1.54, 1.807) is 12.1 Å². The van der Waals surface area contributed by atoms with E-state index < -0.39 is 5.91 Å². The lowest BCUT2D eigenvalue weighted by molar-refractivity contribution is -0.112. The average molecular weight is 348 g/mol. The Morgan fingerprint density at radius 2 is 1.96 bits per heavy atom. The van der Waals surface area contributed by atoms with Gasteiger partial charge >= 0.3 is 0 Å². The molecule has 4 nitrogen and oxygen atoms in total. The molecule has 0 aliphatic rings. The summed E-state index contributed by atoms with van der Waals surface area (Å²) in [5, 5.41) is 12.1. The Hall–Kier alpha value is -3.06. The van der Waals surface area contributed by atoms with Crippen molar-refractivity contribution in [3.05, 3.63) is 65.2 Å². The van der Waals surface area contributed by atoms with Crippen molar-refractivity contribution in [1.82, 2.24) is 0 Å². The molecule has 0 heterocycles. The summed E-state index contributed by atoms with van der Waals surface area (Å²) in [5.74, 6) is 0.374. The van der Waals surface area contributed by atoms with E-state index >= 15 is 0 Å². The number of rotatable bonds is 8. The fourth-order valence-electron chi connectivity index (χ4n) is 2.44. The molecule has 2 aromatic carbocycles. The zero-order valence-corrected chi connectivity index (χ0v) is 15.3. The number of nitrogens with zero attached hydrogens (tertiary/aromatic N) is 1. The molecule has 0 atom stereocenters. The molecular weight excluding hydrogens is 324 g/mol. The number of carbonyl (C=O) groups excluding carboxylic acids is 1. The van der Waals surface area contributed by atoms with Crippen LogP contribution >= 0.6 is 0 Å². The number of carbonyl (C=O) groups is 1. The predicted octanol–water partition coefficient (Wildman–Crippen LogP) is 5.11. The van der Waals surface area contributed by atoms with Gasteiger partial charge in [0.15, 0.2) is 0 Å². The second kappa shape index (κ2) is 10.0. The van der Waals surface area contributed by atoms with E-state index in [1.807, 2.05) is 55.5 Å². The minimum absolute atomic E-state index is 0.0584. The van der Waals surface area contributed by atoms with Gasteiger partial charge < -0.3 is 10.1 Å². The largest absolute Gasteiger partial charge is 0.494 e. The quantitative estimate of drug-likeness (QED) is 0.410. The first-order chi connectivity index (χ1) is 12.6. The first kappa shape index (κ1) is 19.3. The lowest BCUT2D eigenvalue weighted by Crippen LogP contribution is -2.13.